The van der Waals surface area contributed by atoms with E-state index >= 15 is 0 Å². The second-order valence-electron chi connectivity index (χ2n) is 5.06. The SMILES string of the molecule is CC(C)CNC(=O)Cn1c(=S)[nH]c2ccc(C#N)cc21. The van der Waals surface area contributed by atoms with Crippen LogP contribution in [0.4, 0.5) is 0 Å². The summed E-state index contributed by atoms with van der Waals surface area (Å²) in [5, 5.41) is 11.8. The minimum absolute atomic E-state index is 0.0851. The summed E-state index contributed by atoms with van der Waals surface area (Å²) in [5.74, 6) is 0.318. The number of nitrogens with zero attached hydrogens (tertiary/aromatic N) is 2. The lowest BCUT2D eigenvalue weighted by Gasteiger charge is -2.08. The number of aromatic amines is 1. The number of hydrogen-bond acceptors (Lipinski definition) is 3. The molecule has 5 nitrogen and oxygen atoms in total. The molecule has 1 aromatic carbocycles. The number of nitriles is 1. The van der Waals surface area contributed by atoms with Gasteiger partial charge in [-0.05, 0) is 36.3 Å². The highest BCUT2D eigenvalue weighted by Gasteiger charge is 2.09. The van der Waals surface area contributed by atoms with Crippen LogP contribution in [0.25, 0.3) is 11.0 Å². The lowest BCUT2D eigenvalue weighted by molar-refractivity contribution is -0.121. The zero-order valence-electron chi connectivity index (χ0n) is 11.4. The van der Waals surface area contributed by atoms with Gasteiger partial charge in [-0.1, -0.05) is 13.8 Å². The fourth-order valence-corrected chi connectivity index (χ4v) is 2.17. The number of H-pyrrole nitrogens is 1. The van der Waals surface area contributed by atoms with E-state index in [0.29, 0.717) is 22.8 Å². The molecule has 1 aromatic heterocycles. The third-order valence-corrected chi connectivity index (χ3v) is 3.24. The fourth-order valence-electron chi connectivity index (χ4n) is 1.90. The number of nitrogens with one attached hydrogen (secondary N) is 2. The molecule has 2 aromatic rings. The first-order valence-corrected chi connectivity index (χ1v) is 6.81. The Morgan fingerprint density at radius 1 is 1.55 bits per heavy atom. The number of rotatable bonds is 4. The molecule has 2 rings (SSSR count). The molecule has 1 heterocycles. The number of benzene rings is 1. The number of aromatic nitrogens is 2. The molecule has 0 saturated heterocycles. The van der Waals surface area contributed by atoms with Gasteiger partial charge in [0.2, 0.25) is 5.91 Å². The minimum Gasteiger partial charge on any atom is -0.354 e. The number of carbonyl (C=O) groups excluding carboxylic acids is 1. The lowest BCUT2D eigenvalue weighted by Crippen LogP contribution is -2.30. The highest BCUT2D eigenvalue weighted by Crippen LogP contribution is 2.15. The van der Waals surface area contributed by atoms with Gasteiger partial charge in [-0.3, -0.25) is 4.79 Å². The van der Waals surface area contributed by atoms with Crippen LogP contribution < -0.4 is 5.32 Å². The topological polar surface area (TPSA) is 73.6 Å². The van der Waals surface area contributed by atoms with Gasteiger partial charge in [0.1, 0.15) is 6.54 Å². The molecule has 1 amide bonds. The van der Waals surface area contributed by atoms with Gasteiger partial charge in [0.15, 0.2) is 4.77 Å². The first-order chi connectivity index (χ1) is 9.51. The third kappa shape index (κ3) is 3.06. The predicted molar refractivity (Wildman–Crippen MR) is 79.7 cm³/mol. The van der Waals surface area contributed by atoms with Crippen molar-refractivity contribution >= 4 is 29.2 Å². The van der Waals surface area contributed by atoms with E-state index in [1.54, 1.807) is 22.8 Å². The highest BCUT2D eigenvalue weighted by atomic mass is 32.1. The van der Waals surface area contributed by atoms with E-state index < -0.39 is 0 Å². The van der Waals surface area contributed by atoms with E-state index in [-0.39, 0.29) is 12.5 Å². The fraction of sp³-hybridized carbons (Fsp3) is 0.357. The quantitative estimate of drug-likeness (QED) is 0.848. The number of imidazole rings is 1. The molecule has 2 N–H and O–H groups in total. The Morgan fingerprint density at radius 2 is 2.30 bits per heavy atom. The first-order valence-electron chi connectivity index (χ1n) is 6.40. The van der Waals surface area contributed by atoms with Crippen LogP contribution in [0.5, 0.6) is 0 Å². The van der Waals surface area contributed by atoms with Crippen LogP contribution in [0.1, 0.15) is 19.4 Å². The molecule has 0 saturated carbocycles. The molecule has 6 heteroatoms. The maximum atomic E-state index is 11.9. The zero-order valence-corrected chi connectivity index (χ0v) is 12.3. The molecule has 0 fully saturated rings. The number of amides is 1. The Morgan fingerprint density at radius 3 is 2.95 bits per heavy atom. The Labute approximate surface area is 122 Å². The highest BCUT2D eigenvalue weighted by molar-refractivity contribution is 7.71. The lowest BCUT2D eigenvalue weighted by atomic mass is 10.2. The molecular weight excluding hydrogens is 272 g/mol. The molecule has 0 bridgehead atoms. The van der Waals surface area contributed by atoms with Crippen molar-refractivity contribution in [1.29, 1.82) is 5.26 Å². The van der Waals surface area contributed by atoms with E-state index in [4.69, 9.17) is 17.5 Å². The summed E-state index contributed by atoms with van der Waals surface area (Å²) in [6.45, 7) is 4.87. The molecule has 0 radical (unpaired) electrons. The summed E-state index contributed by atoms with van der Waals surface area (Å²) in [5.41, 5.74) is 2.14. The second kappa shape index (κ2) is 5.88. The summed E-state index contributed by atoms with van der Waals surface area (Å²) in [6, 6.07) is 7.34. The van der Waals surface area contributed by atoms with E-state index in [2.05, 4.69) is 16.4 Å². The van der Waals surface area contributed by atoms with Gasteiger partial charge >= 0.3 is 0 Å². The van der Waals surface area contributed by atoms with Crippen molar-refractivity contribution in [3.63, 3.8) is 0 Å². The first kappa shape index (κ1) is 14.3. The Hall–Kier alpha value is -2.13. The van der Waals surface area contributed by atoms with Crippen molar-refractivity contribution in [3.8, 4) is 6.07 Å². The zero-order chi connectivity index (χ0) is 14.7. The largest absolute Gasteiger partial charge is 0.354 e. The van der Waals surface area contributed by atoms with Crippen molar-refractivity contribution < 1.29 is 4.79 Å². The molecule has 0 aliphatic carbocycles. The van der Waals surface area contributed by atoms with Crippen LogP contribution in [-0.4, -0.2) is 22.0 Å². The van der Waals surface area contributed by atoms with E-state index in [9.17, 15) is 4.79 Å². The molecule has 0 aliphatic rings. The van der Waals surface area contributed by atoms with Crippen molar-refractivity contribution in [2.24, 2.45) is 5.92 Å². The second-order valence-corrected chi connectivity index (χ2v) is 5.44. The van der Waals surface area contributed by atoms with Crippen LogP contribution >= 0.6 is 12.2 Å². The van der Waals surface area contributed by atoms with Gasteiger partial charge in [-0.2, -0.15) is 5.26 Å². The average molecular weight is 288 g/mol. The average Bonchev–Trinajstić information content (AvgIpc) is 2.72. The number of hydrogen-bond donors (Lipinski definition) is 2. The van der Waals surface area contributed by atoms with Crippen molar-refractivity contribution in [3.05, 3.63) is 28.5 Å². The maximum absolute atomic E-state index is 11.9. The Balaban J connectivity index is 2.29. The normalized spacial score (nSPS) is 10.7. The molecule has 0 spiro atoms. The molecule has 0 unspecified atom stereocenters. The summed E-state index contributed by atoms with van der Waals surface area (Å²) < 4.78 is 2.19. The van der Waals surface area contributed by atoms with E-state index in [0.717, 1.165) is 11.0 Å². The Kier molecular flexibility index (Phi) is 4.20. The summed E-state index contributed by atoms with van der Waals surface area (Å²) in [7, 11) is 0. The van der Waals surface area contributed by atoms with Gasteiger partial charge in [-0.15, -0.1) is 0 Å². The molecule has 20 heavy (non-hydrogen) atoms. The van der Waals surface area contributed by atoms with Crippen molar-refractivity contribution in [2.75, 3.05) is 6.54 Å². The van der Waals surface area contributed by atoms with Crippen LogP contribution in [0, 0.1) is 22.0 Å². The van der Waals surface area contributed by atoms with Crippen molar-refractivity contribution in [1.82, 2.24) is 14.9 Å². The van der Waals surface area contributed by atoms with Gasteiger partial charge in [-0.25, -0.2) is 0 Å². The van der Waals surface area contributed by atoms with Crippen LogP contribution in [-0.2, 0) is 11.3 Å². The van der Waals surface area contributed by atoms with Gasteiger partial charge < -0.3 is 14.9 Å². The van der Waals surface area contributed by atoms with E-state index in [1.807, 2.05) is 13.8 Å². The van der Waals surface area contributed by atoms with E-state index in [1.165, 1.54) is 0 Å². The molecule has 0 aliphatic heterocycles. The van der Waals surface area contributed by atoms with Crippen LogP contribution in [0.2, 0.25) is 0 Å². The summed E-state index contributed by atoms with van der Waals surface area (Å²) in [4.78, 5) is 14.9. The smallest absolute Gasteiger partial charge is 0.240 e. The predicted octanol–water partition coefficient (Wildman–Crippen LogP) is 2.34. The number of carbonyl (C=O) groups is 1. The molecular formula is C14H16N4OS. The molecule has 0 atom stereocenters. The maximum Gasteiger partial charge on any atom is 0.240 e. The molecule has 104 valence electrons. The van der Waals surface area contributed by atoms with Crippen molar-refractivity contribution in [2.45, 2.75) is 20.4 Å². The van der Waals surface area contributed by atoms with Gasteiger partial charge in [0.25, 0.3) is 0 Å². The standard InChI is InChI=1S/C14H16N4OS/c1-9(2)7-16-13(19)8-18-12-5-10(6-15)3-4-11(12)17-14(18)20/h3-5,9H,7-8H2,1-2H3,(H,16,19)(H,17,20). The number of fused-ring (bicyclic) bond motifs is 1. The van der Waals surface area contributed by atoms with Crippen LogP contribution in [0.15, 0.2) is 18.2 Å². The summed E-state index contributed by atoms with van der Waals surface area (Å²) >= 11 is 5.23. The summed E-state index contributed by atoms with van der Waals surface area (Å²) in [6.07, 6.45) is 0. The van der Waals surface area contributed by atoms with Gasteiger partial charge in [0, 0.05) is 6.54 Å². The van der Waals surface area contributed by atoms with Gasteiger partial charge in [0.05, 0.1) is 22.7 Å². The monoisotopic (exact) mass is 288 g/mol. The Bertz CT molecular complexity index is 736. The minimum atomic E-state index is -0.0851. The third-order valence-electron chi connectivity index (χ3n) is 2.91. The van der Waals surface area contributed by atoms with Crippen LogP contribution in [0.3, 0.4) is 0 Å².